The molecule has 0 atom stereocenters. The fourth-order valence-corrected chi connectivity index (χ4v) is 1.89. The maximum atomic E-state index is 13.2. The fourth-order valence-electron chi connectivity index (χ4n) is 1.47. The molecule has 4 nitrogen and oxygen atoms in total. The van der Waals surface area contributed by atoms with Crippen molar-refractivity contribution in [1.29, 1.82) is 0 Å². The van der Waals surface area contributed by atoms with Gasteiger partial charge < -0.3 is 5.11 Å². The van der Waals surface area contributed by atoms with Crippen LogP contribution in [-0.2, 0) is 0 Å². The Hall–Kier alpha value is -1.69. The summed E-state index contributed by atoms with van der Waals surface area (Å²) in [5.41, 5.74) is 1.02. The number of carboxylic acids is 1. The second-order valence-corrected chi connectivity index (χ2v) is 4.34. The van der Waals surface area contributed by atoms with Crippen LogP contribution in [0.2, 0.25) is 0 Å². The van der Waals surface area contributed by atoms with E-state index in [2.05, 4.69) is 21.0 Å². The molecule has 1 aromatic heterocycles. The Bertz CT molecular complexity index is 595. The number of aromatic nitrogens is 2. The average molecular weight is 299 g/mol. The molecule has 6 heteroatoms. The number of benzene rings is 1. The summed E-state index contributed by atoms with van der Waals surface area (Å²) in [6.45, 7) is 1.71. The molecule has 0 spiro atoms. The van der Waals surface area contributed by atoms with Crippen molar-refractivity contribution in [2.75, 3.05) is 0 Å². The highest BCUT2D eigenvalue weighted by Gasteiger charge is 2.13. The van der Waals surface area contributed by atoms with Crippen molar-refractivity contribution in [2.45, 2.75) is 6.92 Å². The summed E-state index contributed by atoms with van der Waals surface area (Å²) in [5.74, 6) is -1.52. The van der Waals surface area contributed by atoms with Crippen LogP contribution in [0.3, 0.4) is 0 Å². The van der Waals surface area contributed by atoms with Crippen molar-refractivity contribution in [2.24, 2.45) is 0 Å². The lowest BCUT2D eigenvalue weighted by atomic mass is 10.3. The van der Waals surface area contributed by atoms with Crippen molar-refractivity contribution in [1.82, 2.24) is 9.78 Å². The molecule has 0 aliphatic carbocycles. The van der Waals surface area contributed by atoms with Gasteiger partial charge in [0.15, 0.2) is 5.69 Å². The quantitative estimate of drug-likeness (QED) is 0.927. The molecular formula is C11H8BrFN2O2. The molecule has 0 aliphatic heterocycles. The van der Waals surface area contributed by atoms with Crippen LogP contribution in [0.4, 0.5) is 4.39 Å². The van der Waals surface area contributed by atoms with Crippen molar-refractivity contribution in [3.05, 3.63) is 45.9 Å². The van der Waals surface area contributed by atoms with E-state index in [9.17, 15) is 9.18 Å². The van der Waals surface area contributed by atoms with Crippen molar-refractivity contribution in [3.63, 3.8) is 0 Å². The minimum Gasteiger partial charge on any atom is -0.476 e. The van der Waals surface area contributed by atoms with Gasteiger partial charge in [-0.2, -0.15) is 5.10 Å². The molecule has 88 valence electrons. The van der Waals surface area contributed by atoms with Crippen LogP contribution in [0, 0.1) is 12.7 Å². The number of nitrogens with zero attached hydrogens (tertiary/aromatic N) is 2. The van der Waals surface area contributed by atoms with E-state index in [4.69, 9.17) is 5.11 Å². The van der Waals surface area contributed by atoms with E-state index < -0.39 is 11.8 Å². The van der Waals surface area contributed by atoms with Gasteiger partial charge in [-0.3, -0.25) is 0 Å². The van der Waals surface area contributed by atoms with Gasteiger partial charge in [0.2, 0.25) is 0 Å². The normalized spacial score (nSPS) is 10.5. The zero-order chi connectivity index (χ0) is 12.6. The second-order valence-electron chi connectivity index (χ2n) is 3.48. The van der Waals surface area contributed by atoms with E-state index in [-0.39, 0.29) is 5.69 Å². The monoisotopic (exact) mass is 298 g/mol. The number of hydrogen-bond acceptors (Lipinski definition) is 2. The zero-order valence-corrected chi connectivity index (χ0v) is 10.4. The zero-order valence-electron chi connectivity index (χ0n) is 8.82. The topological polar surface area (TPSA) is 55.1 Å². The van der Waals surface area contributed by atoms with Gasteiger partial charge in [0.1, 0.15) is 5.82 Å². The largest absolute Gasteiger partial charge is 0.476 e. The van der Waals surface area contributed by atoms with Gasteiger partial charge in [-0.15, -0.1) is 0 Å². The van der Waals surface area contributed by atoms with Crippen LogP contribution >= 0.6 is 15.9 Å². The second kappa shape index (κ2) is 4.29. The van der Waals surface area contributed by atoms with E-state index in [1.54, 1.807) is 13.0 Å². The molecule has 0 unspecified atom stereocenters. The predicted molar refractivity (Wildman–Crippen MR) is 62.9 cm³/mol. The molecule has 17 heavy (non-hydrogen) atoms. The molecule has 0 saturated heterocycles. The lowest BCUT2D eigenvalue weighted by Gasteiger charge is -2.06. The Balaban J connectivity index is 2.60. The SMILES string of the molecule is Cc1cc(C(=O)O)nn1-c1cc(F)ccc1Br. The third-order valence-corrected chi connectivity index (χ3v) is 2.91. The summed E-state index contributed by atoms with van der Waals surface area (Å²) >= 11 is 3.27. The van der Waals surface area contributed by atoms with E-state index in [1.165, 1.54) is 22.9 Å². The Morgan fingerprint density at radius 3 is 2.76 bits per heavy atom. The number of carboxylic acid groups (broad SMARTS) is 1. The van der Waals surface area contributed by atoms with Crippen LogP contribution in [0.25, 0.3) is 5.69 Å². The van der Waals surface area contributed by atoms with Crippen LogP contribution < -0.4 is 0 Å². The van der Waals surface area contributed by atoms with Crippen LogP contribution in [0.5, 0.6) is 0 Å². The average Bonchev–Trinajstić information content (AvgIpc) is 2.64. The molecule has 0 amide bonds. The molecule has 0 saturated carbocycles. The van der Waals surface area contributed by atoms with E-state index >= 15 is 0 Å². The maximum absolute atomic E-state index is 13.2. The maximum Gasteiger partial charge on any atom is 0.356 e. The van der Waals surface area contributed by atoms with Crippen LogP contribution in [0.1, 0.15) is 16.2 Å². The van der Waals surface area contributed by atoms with Crippen molar-refractivity contribution in [3.8, 4) is 5.69 Å². The highest BCUT2D eigenvalue weighted by Crippen LogP contribution is 2.23. The lowest BCUT2D eigenvalue weighted by molar-refractivity contribution is 0.0690. The summed E-state index contributed by atoms with van der Waals surface area (Å²) in [7, 11) is 0. The molecule has 0 fully saturated rings. The number of aromatic carboxylic acids is 1. The summed E-state index contributed by atoms with van der Waals surface area (Å²) in [6, 6.07) is 5.58. The molecule has 2 aromatic rings. The molecule has 2 rings (SSSR count). The summed E-state index contributed by atoms with van der Waals surface area (Å²) < 4.78 is 15.2. The molecule has 1 heterocycles. The number of carbonyl (C=O) groups is 1. The minimum atomic E-state index is -1.11. The van der Waals surface area contributed by atoms with Gasteiger partial charge in [-0.1, -0.05) is 0 Å². The minimum absolute atomic E-state index is 0.0707. The van der Waals surface area contributed by atoms with Gasteiger partial charge in [0.05, 0.1) is 5.69 Å². The van der Waals surface area contributed by atoms with E-state index in [0.29, 0.717) is 15.9 Å². The van der Waals surface area contributed by atoms with Crippen LogP contribution in [0.15, 0.2) is 28.7 Å². The molecule has 0 radical (unpaired) electrons. The summed E-state index contributed by atoms with van der Waals surface area (Å²) in [6.07, 6.45) is 0. The predicted octanol–water partition coefficient (Wildman–Crippen LogP) is 2.78. The number of halogens is 2. The first-order valence-electron chi connectivity index (χ1n) is 4.74. The molecule has 1 N–H and O–H groups in total. The van der Waals surface area contributed by atoms with Gasteiger partial charge in [-0.05, 0) is 41.1 Å². The third kappa shape index (κ3) is 2.21. The third-order valence-electron chi connectivity index (χ3n) is 2.24. The van der Waals surface area contributed by atoms with Crippen molar-refractivity contribution < 1.29 is 14.3 Å². The number of rotatable bonds is 2. The van der Waals surface area contributed by atoms with Gasteiger partial charge in [0.25, 0.3) is 0 Å². The Labute approximate surface area is 105 Å². The fraction of sp³-hybridized carbons (Fsp3) is 0.0909. The summed E-state index contributed by atoms with van der Waals surface area (Å²) in [4.78, 5) is 10.8. The molecule has 1 aromatic carbocycles. The first-order chi connectivity index (χ1) is 7.99. The van der Waals surface area contributed by atoms with Gasteiger partial charge >= 0.3 is 5.97 Å². The lowest BCUT2D eigenvalue weighted by Crippen LogP contribution is -2.03. The van der Waals surface area contributed by atoms with E-state index in [1.807, 2.05) is 0 Å². The smallest absolute Gasteiger partial charge is 0.356 e. The van der Waals surface area contributed by atoms with E-state index in [0.717, 1.165) is 0 Å². The van der Waals surface area contributed by atoms with Gasteiger partial charge in [0, 0.05) is 16.2 Å². The standard InChI is InChI=1S/C11H8BrFN2O2/c1-6-4-9(11(16)17)14-15(6)10-5-7(13)2-3-8(10)12/h2-5H,1H3,(H,16,17). The molecule has 0 aliphatic rings. The Kier molecular flexibility index (Phi) is 2.97. The van der Waals surface area contributed by atoms with Crippen molar-refractivity contribution >= 4 is 21.9 Å². The molecular weight excluding hydrogens is 291 g/mol. The van der Waals surface area contributed by atoms with Gasteiger partial charge in [-0.25, -0.2) is 13.9 Å². The Morgan fingerprint density at radius 1 is 1.47 bits per heavy atom. The Morgan fingerprint density at radius 2 is 2.18 bits per heavy atom. The first-order valence-corrected chi connectivity index (χ1v) is 5.53. The number of aryl methyl sites for hydroxylation is 1. The first kappa shape index (κ1) is 11.8. The summed E-state index contributed by atoms with van der Waals surface area (Å²) in [5, 5.41) is 12.7. The number of hydrogen-bond donors (Lipinski definition) is 1. The highest BCUT2D eigenvalue weighted by molar-refractivity contribution is 9.10. The van der Waals surface area contributed by atoms with Crippen LogP contribution in [-0.4, -0.2) is 20.9 Å². The highest BCUT2D eigenvalue weighted by atomic mass is 79.9. The molecule has 0 bridgehead atoms.